The predicted molar refractivity (Wildman–Crippen MR) is 87.0 cm³/mol. The van der Waals surface area contributed by atoms with E-state index in [1.54, 1.807) is 11.5 Å². The van der Waals surface area contributed by atoms with Gasteiger partial charge in [0.2, 0.25) is 5.91 Å². The predicted octanol–water partition coefficient (Wildman–Crippen LogP) is 3.50. The van der Waals surface area contributed by atoms with Gasteiger partial charge in [-0.1, -0.05) is 13.0 Å². The summed E-state index contributed by atoms with van der Waals surface area (Å²) in [6.45, 7) is 5.00. The summed E-state index contributed by atoms with van der Waals surface area (Å²) in [5.74, 6) is 0.0928. The number of hydrogen-bond donors (Lipinski definition) is 0. The number of likely N-dealkylation sites (N-methyl/N-ethyl adjacent to an activating group) is 1. The molecule has 0 saturated carbocycles. The van der Waals surface area contributed by atoms with Crippen molar-refractivity contribution in [1.29, 1.82) is 0 Å². The maximum atomic E-state index is 11.9. The molecule has 0 bridgehead atoms. The maximum absolute atomic E-state index is 11.9. The number of likely N-dealkylation sites (tertiary alicyclic amines) is 1. The molecule has 1 atom stereocenters. The minimum Gasteiger partial charge on any atom is -0.303 e. The minimum absolute atomic E-state index is 0.0928. The van der Waals surface area contributed by atoms with Crippen LogP contribution in [0.15, 0.2) is 24.4 Å². The smallest absolute Gasteiger partial charge is 0.227 e. The van der Waals surface area contributed by atoms with Gasteiger partial charge in [0.15, 0.2) is 0 Å². The van der Waals surface area contributed by atoms with Crippen LogP contribution in [0.2, 0.25) is 0 Å². The number of aromatic nitrogens is 1. The van der Waals surface area contributed by atoms with Crippen LogP contribution < -0.4 is 0 Å². The Labute approximate surface area is 126 Å². The summed E-state index contributed by atoms with van der Waals surface area (Å²) in [4.78, 5) is 14.3. The Hall–Kier alpha value is -1.61. The Morgan fingerprint density at radius 2 is 2.19 bits per heavy atom. The highest BCUT2D eigenvalue weighted by Crippen LogP contribution is 2.27. The lowest BCUT2D eigenvalue weighted by Crippen LogP contribution is -2.26. The van der Waals surface area contributed by atoms with Gasteiger partial charge in [0.05, 0.1) is 5.52 Å². The van der Waals surface area contributed by atoms with Crippen LogP contribution in [0.1, 0.15) is 42.6 Å². The van der Waals surface area contributed by atoms with Gasteiger partial charge in [-0.25, -0.2) is 0 Å². The zero-order valence-corrected chi connectivity index (χ0v) is 13.2. The first-order valence-corrected chi connectivity index (χ1v) is 7.94. The second-order valence-electron chi connectivity index (χ2n) is 6.23. The number of nitrogens with zero attached hydrogens (tertiary/aromatic N) is 2. The summed E-state index contributed by atoms with van der Waals surface area (Å²) in [7, 11) is 2.21. The monoisotopic (exact) mass is 284 g/mol. The summed E-state index contributed by atoms with van der Waals surface area (Å²) >= 11 is 0. The molecule has 1 aliphatic heterocycles. The third-order valence-electron chi connectivity index (χ3n) is 4.83. The molecule has 1 saturated heterocycles. The average molecular weight is 284 g/mol. The van der Waals surface area contributed by atoms with Crippen LogP contribution in [-0.2, 0) is 12.8 Å². The maximum Gasteiger partial charge on any atom is 0.227 e. The van der Waals surface area contributed by atoms with E-state index in [0.29, 0.717) is 6.04 Å². The summed E-state index contributed by atoms with van der Waals surface area (Å²) in [5.41, 5.74) is 3.70. The Morgan fingerprint density at radius 1 is 1.38 bits per heavy atom. The molecule has 0 N–H and O–H groups in total. The molecule has 1 unspecified atom stereocenters. The first kappa shape index (κ1) is 14.3. The number of benzene rings is 1. The summed E-state index contributed by atoms with van der Waals surface area (Å²) in [5, 5.41) is 1.25. The Kier molecular flexibility index (Phi) is 3.85. The summed E-state index contributed by atoms with van der Waals surface area (Å²) in [6.07, 6.45) is 6.67. The van der Waals surface area contributed by atoms with Crippen LogP contribution in [0.5, 0.6) is 0 Å². The van der Waals surface area contributed by atoms with Gasteiger partial charge in [-0.3, -0.25) is 9.36 Å². The van der Waals surface area contributed by atoms with Crippen LogP contribution in [0.3, 0.4) is 0 Å². The number of aryl methyl sites for hydroxylation is 1. The highest BCUT2D eigenvalue weighted by molar-refractivity contribution is 5.94. The number of rotatable bonds is 3. The van der Waals surface area contributed by atoms with E-state index in [4.69, 9.17) is 0 Å². The van der Waals surface area contributed by atoms with E-state index in [1.807, 2.05) is 0 Å². The lowest BCUT2D eigenvalue weighted by atomic mass is 10.0. The fourth-order valence-electron chi connectivity index (χ4n) is 3.48. The van der Waals surface area contributed by atoms with E-state index in [1.165, 1.54) is 35.9 Å². The van der Waals surface area contributed by atoms with Crippen molar-refractivity contribution in [2.24, 2.45) is 0 Å². The van der Waals surface area contributed by atoms with Crippen LogP contribution in [0.25, 0.3) is 10.9 Å². The quantitative estimate of drug-likeness (QED) is 0.862. The lowest BCUT2D eigenvalue weighted by Gasteiger charge is -2.18. The van der Waals surface area contributed by atoms with Crippen molar-refractivity contribution in [3.05, 3.63) is 35.5 Å². The van der Waals surface area contributed by atoms with E-state index in [9.17, 15) is 4.79 Å². The van der Waals surface area contributed by atoms with Crippen molar-refractivity contribution in [3.63, 3.8) is 0 Å². The second-order valence-corrected chi connectivity index (χ2v) is 6.23. The fourth-order valence-corrected chi connectivity index (χ4v) is 3.48. The van der Waals surface area contributed by atoms with Gasteiger partial charge in [-0.15, -0.1) is 0 Å². The Balaban J connectivity index is 2.05. The molecule has 112 valence electrons. The van der Waals surface area contributed by atoms with E-state index in [0.717, 1.165) is 18.4 Å². The standard InChI is InChI=1S/C18H24N2O/c1-4-14-7-8-18-17(10-14)15(12-20(18)13(2)21)11-16-6-5-9-19(16)3/h7-8,10,12,16H,4-6,9,11H2,1-3H3. The zero-order chi connectivity index (χ0) is 15.0. The van der Waals surface area contributed by atoms with Crippen LogP contribution in [0, 0.1) is 0 Å². The second kappa shape index (κ2) is 5.64. The molecule has 1 aromatic heterocycles. The number of fused-ring (bicyclic) bond motifs is 1. The molecule has 1 aromatic carbocycles. The van der Waals surface area contributed by atoms with Crippen molar-refractivity contribution >= 4 is 16.8 Å². The van der Waals surface area contributed by atoms with E-state index < -0.39 is 0 Å². The minimum atomic E-state index is 0.0928. The molecule has 0 amide bonds. The highest BCUT2D eigenvalue weighted by Gasteiger charge is 2.23. The molecule has 3 nitrogen and oxygen atoms in total. The highest BCUT2D eigenvalue weighted by atomic mass is 16.1. The van der Waals surface area contributed by atoms with Crippen LogP contribution >= 0.6 is 0 Å². The van der Waals surface area contributed by atoms with Gasteiger partial charge in [0.25, 0.3) is 0 Å². The van der Waals surface area contributed by atoms with Crippen molar-refractivity contribution in [2.45, 2.75) is 45.6 Å². The van der Waals surface area contributed by atoms with Crippen LogP contribution in [0.4, 0.5) is 0 Å². The zero-order valence-electron chi connectivity index (χ0n) is 13.2. The molecular formula is C18H24N2O. The van der Waals surface area contributed by atoms with Gasteiger partial charge in [0, 0.05) is 24.5 Å². The largest absolute Gasteiger partial charge is 0.303 e. The third-order valence-corrected chi connectivity index (χ3v) is 4.83. The number of carbonyl (C=O) groups excluding carboxylic acids is 1. The number of carbonyl (C=O) groups is 1. The third kappa shape index (κ3) is 2.62. The average Bonchev–Trinajstić information content (AvgIpc) is 3.03. The van der Waals surface area contributed by atoms with Gasteiger partial charge in [-0.05, 0) is 62.5 Å². The van der Waals surface area contributed by atoms with E-state index >= 15 is 0 Å². The summed E-state index contributed by atoms with van der Waals surface area (Å²) in [6, 6.07) is 7.10. The Bertz CT molecular complexity index is 671. The molecule has 0 spiro atoms. The molecule has 3 rings (SSSR count). The first-order chi connectivity index (χ1) is 10.1. The lowest BCUT2D eigenvalue weighted by molar-refractivity contribution is 0.0941. The SMILES string of the molecule is CCc1ccc2c(c1)c(CC1CCCN1C)cn2C(C)=O. The van der Waals surface area contributed by atoms with Gasteiger partial charge in [-0.2, -0.15) is 0 Å². The van der Waals surface area contributed by atoms with Crippen molar-refractivity contribution in [3.8, 4) is 0 Å². The van der Waals surface area contributed by atoms with Crippen molar-refractivity contribution in [2.75, 3.05) is 13.6 Å². The fraction of sp³-hybridized carbons (Fsp3) is 0.500. The molecule has 1 aliphatic rings. The molecular weight excluding hydrogens is 260 g/mol. The summed E-state index contributed by atoms with van der Waals surface area (Å²) < 4.78 is 1.80. The normalized spacial score (nSPS) is 19.5. The molecule has 2 aromatic rings. The van der Waals surface area contributed by atoms with Crippen molar-refractivity contribution in [1.82, 2.24) is 9.47 Å². The molecule has 0 radical (unpaired) electrons. The molecule has 2 heterocycles. The van der Waals surface area contributed by atoms with Gasteiger partial charge in [0.1, 0.15) is 0 Å². The van der Waals surface area contributed by atoms with E-state index in [-0.39, 0.29) is 5.91 Å². The topological polar surface area (TPSA) is 25.2 Å². The number of hydrogen-bond acceptors (Lipinski definition) is 2. The van der Waals surface area contributed by atoms with Gasteiger partial charge >= 0.3 is 0 Å². The first-order valence-electron chi connectivity index (χ1n) is 7.94. The molecule has 3 heteroatoms. The van der Waals surface area contributed by atoms with Crippen molar-refractivity contribution < 1.29 is 4.79 Å². The van der Waals surface area contributed by atoms with Gasteiger partial charge < -0.3 is 4.90 Å². The molecule has 0 aliphatic carbocycles. The molecule has 21 heavy (non-hydrogen) atoms. The molecule has 1 fully saturated rings. The van der Waals surface area contributed by atoms with E-state index in [2.05, 4.69) is 43.3 Å². The Morgan fingerprint density at radius 3 is 2.81 bits per heavy atom. The van der Waals surface area contributed by atoms with Crippen LogP contribution in [-0.4, -0.2) is 35.0 Å².